The van der Waals surface area contributed by atoms with Gasteiger partial charge in [-0.05, 0) is 84.8 Å². The highest BCUT2D eigenvalue weighted by Gasteiger charge is 2.20. The van der Waals surface area contributed by atoms with Crippen LogP contribution < -0.4 is 0 Å². The van der Waals surface area contributed by atoms with Crippen LogP contribution in [-0.4, -0.2) is 4.57 Å². The molecule has 2 nitrogen and oxygen atoms in total. The van der Waals surface area contributed by atoms with Gasteiger partial charge in [-0.3, -0.25) is 0 Å². The largest absolute Gasteiger partial charge is 0.307 e. The number of nitrogens with zero attached hydrogens (tertiary/aromatic N) is 2. The Labute approximate surface area is 308 Å². The third-order valence-corrected chi connectivity index (χ3v) is 10.6. The third kappa shape index (κ3) is 4.94. The van der Waals surface area contributed by atoms with Crippen molar-refractivity contribution in [1.82, 2.24) is 4.57 Å². The monoisotopic (exact) mass is 672 g/mol. The van der Waals surface area contributed by atoms with Crippen LogP contribution in [-0.2, 0) is 0 Å². The Bertz CT molecular complexity index is 2940. The van der Waals surface area contributed by atoms with Crippen molar-refractivity contribution in [1.29, 1.82) is 5.26 Å². The molecule has 0 saturated carbocycles. The molecule has 2 heteroatoms. The Balaban J connectivity index is 1.11. The number of nitriles is 1. The second kappa shape index (κ2) is 12.5. The highest BCUT2D eigenvalue weighted by atomic mass is 15.0. The molecule has 0 unspecified atom stereocenters. The molecule has 9 aromatic carbocycles. The Hall–Kier alpha value is -7.21. The fraction of sp³-hybridized carbons (Fsp3) is 0. The third-order valence-electron chi connectivity index (χ3n) is 10.6. The van der Waals surface area contributed by atoms with Crippen LogP contribution in [0.2, 0.25) is 0 Å². The predicted molar refractivity (Wildman–Crippen MR) is 222 cm³/mol. The number of aromatic nitrogens is 1. The molecule has 0 amide bonds. The molecule has 1 heterocycles. The SMILES string of the molecule is N#Cc1cccc(-c2cccc(-c3ccc(-c4c5ccccc5c(-c5ccccc5)c5ccccc45)cc3)c2)c1-n1c2ccccc2c2ccccc21. The van der Waals surface area contributed by atoms with E-state index in [-0.39, 0.29) is 0 Å². The highest BCUT2D eigenvalue weighted by Crippen LogP contribution is 2.44. The number of para-hydroxylation sites is 3. The molecule has 0 atom stereocenters. The maximum absolute atomic E-state index is 10.4. The molecule has 0 fully saturated rings. The predicted octanol–water partition coefficient (Wildman–Crippen LogP) is 13.6. The second-order valence-electron chi connectivity index (χ2n) is 13.5. The van der Waals surface area contributed by atoms with Crippen LogP contribution in [0.15, 0.2) is 194 Å². The lowest BCUT2D eigenvalue weighted by Crippen LogP contribution is -2.00. The maximum atomic E-state index is 10.4. The van der Waals surface area contributed by atoms with Gasteiger partial charge in [-0.25, -0.2) is 0 Å². The maximum Gasteiger partial charge on any atom is 0.101 e. The lowest BCUT2D eigenvalue weighted by molar-refractivity contribution is 1.17. The van der Waals surface area contributed by atoms with Crippen molar-refractivity contribution in [3.8, 4) is 56.3 Å². The average molecular weight is 673 g/mol. The summed E-state index contributed by atoms with van der Waals surface area (Å²) in [5.41, 5.74) is 13.0. The van der Waals surface area contributed by atoms with Gasteiger partial charge in [0.1, 0.15) is 6.07 Å². The fourth-order valence-corrected chi connectivity index (χ4v) is 8.32. The molecule has 10 rings (SSSR count). The van der Waals surface area contributed by atoms with Crippen molar-refractivity contribution in [3.05, 3.63) is 200 Å². The molecular weight excluding hydrogens is 641 g/mol. The minimum atomic E-state index is 0.640. The molecule has 0 N–H and O–H groups in total. The Morgan fingerprint density at radius 1 is 0.340 bits per heavy atom. The summed E-state index contributed by atoms with van der Waals surface area (Å²) in [7, 11) is 0. The first-order chi connectivity index (χ1) is 26.3. The van der Waals surface area contributed by atoms with Gasteiger partial charge in [-0.1, -0.05) is 170 Å². The molecule has 1 aromatic heterocycles. The topological polar surface area (TPSA) is 28.7 Å². The van der Waals surface area contributed by atoms with Gasteiger partial charge in [0.15, 0.2) is 0 Å². The molecule has 0 aliphatic carbocycles. The van der Waals surface area contributed by atoms with Gasteiger partial charge in [0.05, 0.1) is 22.3 Å². The summed E-state index contributed by atoms with van der Waals surface area (Å²) in [6.07, 6.45) is 0. The zero-order valence-electron chi connectivity index (χ0n) is 28.9. The summed E-state index contributed by atoms with van der Waals surface area (Å²) < 4.78 is 2.26. The molecule has 10 aromatic rings. The minimum absolute atomic E-state index is 0.640. The number of hydrogen-bond donors (Lipinski definition) is 0. The van der Waals surface area contributed by atoms with Crippen LogP contribution in [0.4, 0.5) is 0 Å². The first-order valence-electron chi connectivity index (χ1n) is 18.0. The van der Waals surface area contributed by atoms with E-state index in [1.165, 1.54) is 54.6 Å². The van der Waals surface area contributed by atoms with Crippen LogP contribution in [0.1, 0.15) is 5.56 Å². The zero-order chi connectivity index (χ0) is 35.3. The van der Waals surface area contributed by atoms with E-state index in [9.17, 15) is 5.26 Å². The Kier molecular flexibility index (Phi) is 7.23. The molecule has 0 radical (unpaired) electrons. The molecular formula is C51H32N2. The summed E-state index contributed by atoms with van der Waals surface area (Å²) in [6.45, 7) is 0. The molecule has 53 heavy (non-hydrogen) atoms. The normalized spacial score (nSPS) is 11.4. The minimum Gasteiger partial charge on any atom is -0.307 e. The second-order valence-corrected chi connectivity index (χ2v) is 13.5. The van der Waals surface area contributed by atoms with Gasteiger partial charge < -0.3 is 4.57 Å². The number of rotatable bonds is 5. The number of benzene rings is 9. The average Bonchev–Trinajstić information content (AvgIpc) is 3.57. The quantitative estimate of drug-likeness (QED) is 0.167. The number of fused-ring (bicyclic) bond motifs is 5. The van der Waals surface area contributed by atoms with E-state index in [1.807, 2.05) is 12.1 Å². The van der Waals surface area contributed by atoms with Crippen LogP contribution in [0.5, 0.6) is 0 Å². The van der Waals surface area contributed by atoms with Crippen molar-refractivity contribution >= 4 is 43.4 Å². The van der Waals surface area contributed by atoms with Crippen molar-refractivity contribution in [2.75, 3.05) is 0 Å². The first kappa shape index (κ1) is 30.6. The van der Waals surface area contributed by atoms with E-state index in [1.54, 1.807) is 0 Å². The van der Waals surface area contributed by atoms with E-state index in [2.05, 4.69) is 193 Å². The summed E-state index contributed by atoms with van der Waals surface area (Å²) in [6, 6.07) is 71.5. The Morgan fingerprint density at radius 3 is 1.34 bits per heavy atom. The van der Waals surface area contributed by atoms with Crippen LogP contribution in [0.25, 0.3) is 93.5 Å². The number of hydrogen-bond acceptors (Lipinski definition) is 1. The molecule has 0 aliphatic heterocycles. The molecule has 0 aliphatic rings. The van der Waals surface area contributed by atoms with Gasteiger partial charge in [0, 0.05) is 16.3 Å². The fourth-order valence-electron chi connectivity index (χ4n) is 8.32. The lowest BCUT2D eigenvalue weighted by atomic mass is 9.85. The highest BCUT2D eigenvalue weighted by molar-refractivity contribution is 6.21. The van der Waals surface area contributed by atoms with Gasteiger partial charge in [0.25, 0.3) is 0 Å². The van der Waals surface area contributed by atoms with Gasteiger partial charge in [0.2, 0.25) is 0 Å². The van der Waals surface area contributed by atoms with Crippen molar-refractivity contribution in [3.63, 3.8) is 0 Å². The summed E-state index contributed by atoms with van der Waals surface area (Å²) >= 11 is 0. The van der Waals surface area contributed by atoms with Crippen molar-refractivity contribution in [2.45, 2.75) is 0 Å². The molecule has 0 bridgehead atoms. The molecule has 0 saturated heterocycles. The Morgan fingerprint density at radius 2 is 0.774 bits per heavy atom. The van der Waals surface area contributed by atoms with Crippen LogP contribution in [0, 0.1) is 11.3 Å². The van der Waals surface area contributed by atoms with Gasteiger partial charge in [-0.2, -0.15) is 5.26 Å². The standard InChI is InChI=1S/C51H32N2/c52-33-39-18-13-25-40(51(39)53-47-26-10-8-19-41(47)42-20-9-11-27-48(42)53)38-17-12-16-37(32-38)34-28-30-36(31-29-34)50-45-23-6-4-21-43(45)49(35-14-2-1-3-15-35)44-22-5-7-24-46(44)50/h1-32H. The van der Waals surface area contributed by atoms with Crippen molar-refractivity contribution in [2.24, 2.45) is 0 Å². The van der Waals surface area contributed by atoms with Gasteiger partial charge >= 0.3 is 0 Å². The first-order valence-corrected chi connectivity index (χ1v) is 18.0. The molecule has 0 spiro atoms. The van der Waals surface area contributed by atoms with Crippen LogP contribution >= 0.6 is 0 Å². The summed E-state index contributed by atoms with van der Waals surface area (Å²) in [5.74, 6) is 0. The van der Waals surface area contributed by atoms with Crippen LogP contribution in [0.3, 0.4) is 0 Å². The van der Waals surface area contributed by atoms with E-state index in [4.69, 9.17) is 0 Å². The summed E-state index contributed by atoms with van der Waals surface area (Å²) in [4.78, 5) is 0. The van der Waals surface area contributed by atoms with E-state index >= 15 is 0 Å². The van der Waals surface area contributed by atoms with E-state index in [0.29, 0.717) is 5.56 Å². The zero-order valence-corrected chi connectivity index (χ0v) is 28.9. The summed E-state index contributed by atoms with van der Waals surface area (Å²) in [5, 5.41) is 17.8. The van der Waals surface area contributed by atoms with E-state index < -0.39 is 0 Å². The lowest BCUT2D eigenvalue weighted by Gasteiger charge is -2.18. The van der Waals surface area contributed by atoms with E-state index in [0.717, 1.165) is 39.0 Å². The van der Waals surface area contributed by atoms with Gasteiger partial charge in [-0.15, -0.1) is 0 Å². The van der Waals surface area contributed by atoms with Crippen molar-refractivity contribution < 1.29 is 0 Å². The smallest absolute Gasteiger partial charge is 0.101 e. The molecule has 246 valence electrons.